The van der Waals surface area contributed by atoms with Gasteiger partial charge in [-0.05, 0) is 55.5 Å². The maximum Gasteiger partial charge on any atom is 0.516 e. The molecule has 4 aromatic rings. The van der Waals surface area contributed by atoms with Crippen LogP contribution in [0.1, 0.15) is 5.69 Å². The Labute approximate surface area is 180 Å². The molecule has 2 aromatic heterocycles. The lowest BCUT2D eigenvalue weighted by molar-refractivity contribution is -0.0429. The van der Waals surface area contributed by atoms with E-state index in [1.54, 1.807) is 12.1 Å². The Balaban J connectivity index is 1.45. The van der Waals surface area contributed by atoms with Gasteiger partial charge in [-0.3, -0.25) is 4.72 Å². The highest BCUT2D eigenvalue weighted by Crippen LogP contribution is 2.27. The zero-order chi connectivity index (χ0) is 22.9. The number of hydrogen-bond acceptors (Lipinski definition) is 6. The number of benzene rings is 2. The molecule has 0 aliphatic heterocycles. The number of aromatic nitrogens is 3. The third-order valence-corrected chi connectivity index (χ3v) is 5.39. The van der Waals surface area contributed by atoms with Crippen LogP contribution < -0.4 is 14.8 Å². The van der Waals surface area contributed by atoms with E-state index in [4.69, 9.17) is 4.74 Å². The average Bonchev–Trinajstić information content (AvgIpc) is 3.08. The van der Waals surface area contributed by atoms with Crippen LogP contribution in [0.15, 0.2) is 60.8 Å². The van der Waals surface area contributed by atoms with Crippen LogP contribution >= 0.6 is 0 Å². The second-order valence-corrected chi connectivity index (χ2v) is 8.45. The van der Waals surface area contributed by atoms with Crippen molar-refractivity contribution in [1.82, 2.24) is 15.0 Å². The van der Waals surface area contributed by atoms with E-state index in [2.05, 4.69) is 20.3 Å². The van der Waals surface area contributed by atoms with Gasteiger partial charge in [0.05, 0.1) is 0 Å². The normalized spacial score (nSPS) is 12.0. The third-order valence-electron chi connectivity index (χ3n) is 4.28. The molecule has 2 aromatic carbocycles. The van der Waals surface area contributed by atoms with Crippen LogP contribution in [-0.2, 0) is 10.0 Å². The summed E-state index contributed by atoms with van der Waals surface area (Å²) in [4.78, 5) is 11.6. The van der Waals surface area contributed by atoms with E-state index in [0.29, 0.717) is 11.4 Å². The van der Waals surface area contributed by atoms with E-state index in [9.17, 15) is 21.6 Å². The van der Waals surface area contributed by atoms with Crippen LogP contribution in [0.3, 0.4) is 0 Å². The number of sulfonamides is 1. The lowest BCUT2D eigenvalue weighted by atomic mass is 10.2. The molecular formula is C20H16F3N5O3S. The molecule has 0 fully saturated rings. The molecule has 12 heteroatoms. The summed E-state index contributed by atoms with van der Waals surface area (Å²) < 4.78 is 67.0. The Morgan fingerprint density at radius 3 is 2.44 bits per heavy atom. The molecule has 2 heterocycles. The minimum Gasteiger partial charge on any atom is -0.439 e. The number of nitrogens with one attached hydrogen (secondary N) is 3. The first-order valence-corrected chi connectivity index (χ1v) is 10.6. The highest BCUT2D eigenvalue weighted by Gasteiger charge is 2.46. The van der Waals surface area contributed by atoms with Gasteiger partial charge in [0.1, 0.15) is 5.75 Å². The Kier molecular flexibility index (Phi) is 5.38. The number of fused-ring (bicyclic) bond motifs is 1. The maximum atomic E-state index is 12.5. The number of ether oxygens (including phenoxy) is 1. The summed E-state index contributed by atoms with van der Waals surface area (Å²) in [5.74, 6) is 1.05. The topological polar surface area (TPSA) is 109 Å². The monoisotopic (exact) mass is 463 g/mol. The van der Waals surface area contributed by atoms with Crippen LogP contribution in [0, 0.1) is 6.92 Å². The number of H-pyrrole nitrogens is 1. The summed E-state index contributed by atoms with van der Waals surface area (Å²) in [5.41, 5.74) is -3.19. The first-order chi connectivity index (χ1) is 15.1. The molecule has 0 saturated carbocycles. The number of anilines is 3. The van der Waals surface area contributed by atoms with E-state index in [1.165, 1.54) is 35.2 Å². The van der Waals surface area contributed by atoms with Crippen molar-refractivity contribution in [2.45, 2.75) is 12.4 Å². The lowest BCUT2D eigenvalue weighted by Crippen LogP contribution is -2.29. The molecule has 0 radical (unpaired) electrons. The fourth-order valence-corrected chi connectivity index (χ4v) is 3.43. The molecule has 0 spiro atoms. The molecule has 0 bridgehead atoms. The van der Waals surface area contributed by atoms with Gasteiger partial charge in [-0.2, -0.15) is 26.6 Å². The molecule has 8 nitrogen and oxygen atoms in total. The van der Waals surface area contributed by atoms with E-state index < -0.39 is 15.5 Å². The standard InChI is InChI=1S/C20H16F3N5O3S/c1-12-10-13-11-16(6-7-17(13)25-12)31-18-8-9-24-19(27-18)26-14-2-4-15(5-3-14)28-32(29,30)20(21,22)23/h2-11,25,28H,1H3,(H,24,26,27). The van der Waals surface area contributed by atoms with Crippen LogP contribution in [0.5, 0.6) is 11.6 Å². The van der Waals surface area contributed by atoms with Gasteiger partial charge in [-0.25, -0.2) is 4.98 Å². The smallest absolute Gasteiger partial charge is 0.439 e. The van der Waals surface area contributed by atoms with Gasteiger partial charge >= 0.3 is 15.5 Å². The van der Waals surface area contributed by atoms with Crippen LogP contribution in [0.2, 0.25) is 0 Å². The average molecular weight is 463 g/mol. The second kappa shape index (κ2) is 8.04. The maximum absolute atomic E-state index is 12.5. The van der Waals surface area contributed by atoms with Crippen molar-refractivity contribution in [2.24, 2.45) is 0 Å². The highest BCUT2D eigenvalue weighted by atomic mass is 32.2. The van der Waals surface area contributed by atoms with Crippen LogP contribution in [0.25, 0.3) is 10.9 Å². The first-order valence-electron chi connectivity index (χ1n) is 9.15. The van der Waals surface area contributed by atoms with Crippen molar-refractivity contribution < 1.29 is 26.3 Å². The molecule has 0 aliphatic rings. The summed E-state index contributed by atoms with van der Waals surface area (Å²) in [6, 6.07) is 14.3. The van der Waals surface area contributed by atoms with Crippen molar-refractivity contribution in [1.29, 1.82) is 0 Å². The number of halogens is 3. The van der Waals surface area contributed by atoms with Crippen LogP contribution in [-0.4, -0.2) is 28.9 Å². The number of alkyl halides is 3. The van der Waals surface area contributed by atoms with Gasteiger partial charge in [-0.15, -0.1) is 0 Å². The number of hydrogen-bond donors (Lipinski definition) is 3. The van der Waals surface area contributed by atoms with Gasteiger partial charge in [-0.1, -0.05) is 0 Å². The van der Waals surface area contributed by atoms with E-state index in [-0.39, 0.29) is 17.5 Å². The van der Waals surface area contributed by atoms with Gasteiger partial charge < -0.3 is 15.0 Å². The molecule has 3 N–H and O–H groups in total. The number of aryl methyl sites for hydroxylation is 1. The Morgan fingerprint density at radius 2 is 1.72 bits per heavy atom. The van der Waals surface area contributed by atoms with Crippen molar-refractivity contribution in [3.63, 3.8) is 0 Å². The zero-order valence-electron chi connectivity index (χ0n) is 16.4. The SMILES string of the molecule is Cc1cc2cc(Oc3ccnc(Nc4ccc(NS(=O)(=O)C(F)(F)F)cc4)n3)ccc2[nH]1. The molecule has 0 aliphatic carbocycles. The zero-order valence-corrected chi connectivity index (χ0v) is 17.3. The quantitative estimate of drug-likeness (QED) is 0.369. The fourth-order valence-electron chi connectivity index (χ4n) is 2.86. The van der Waals surface area contributed by atoms with Crippen molar-refractivity contribution in [2.75, 3.05) is 10.0 Å². The summed E-state index contributed by atoms with van der Waals surface area (Å²) in [6.07, 6.45) is 1.48. The van der Waals surface area contributed by atoms with Gasteiger partial charge in [0.2, 0.25) is 11.8 Å². The van der Waals surface area contributed by atoms with Crippen molar-refractivity contribution >= 4 is 38.2 Å². The van der Waals surface area contributed by atoms with Crippen LogP contribution in [0.4, 0.5) is 30.5 Å². The van der Waals surface area contributed by atoms with Crippen molar-refractivity contribution in [3.05, 3.63) is 66.5 Å². The highest BCUT2D eigenvalue weighted by molar-refractivity contribution is 7.93. The molecule has 0 atom stereocenters. The third kappa shape index (κ3) is 4.75. The van der Waals surface area contributed by atoms with E-state index >= 15 is 0 Å². The largest absolute Gasteiger partial charge is 0.516 e. The summed E-state index contributed by atoms with van der Waals surface area (Å²) in [7, 11) is -5.48. The molecule has 4 rings (SSSR count). The minimum atomic E-state index is -5.48. The molecule has 0 saturated heterocycles. The van der Waals surface area contributed by atoms with Crippen molar-refractivity contribution in [3.8, 4) is 11.6 Å². The number of nitrogens with zero attached hydrogens (tertiary/aromatic N) is 2. The number of rotatable bonds is 6. The molecule has 0 amide bonds. The first kappa shape index (κ1) is 21.4. The van der Waals surface area contributed by atoms with E-state index in [1.807, 2.05) is 25.1 Å². The lowest BCUT2D eigenvalue weighted by Gasteiger charge is -2.11. The Morgan fingerprint density at radius 1 is 1.00 bits per heavy atom. The Bertz CT molecular complexity index is 1370. The molecule has 0 unspecified atom stereocenters. The summed E-state index contributed by atoms with van der Waals surface area (Å²) >= 11 is 0. The molecule has 166 valence electrons. The second-order valence-electron chi connectivity index (χ2n) is 6.78. The predicted octanol–water partition coefficient (Wildman–Crippen LogP) is 5.06. The summed E-state index contributed by atoms with van der Waals surface area (Å²) in [6.45, 7) is 1.96. The Hall–Kier alpha value is -3.80. The predicted molar refractivity (Wildman–Crippen MR) is 113 cm³/mol. The van der Waals surface area contributed by atoms with Gasteiger partial charge in [0, 0.05) is 40.2 Å². The number of aromatic amines is 1. The minimum absolute atomic E-state index is 0.185. The van der Waals surface area contributed by atoms with E-state index in [0.717, 1.165) is 16.6 Å². The summed E-state index contributed by atoms with van der Waals surface area (Å²) in [5, 5.41) is 3.87. The molecular weight excluding hydrogens is 447 g/mol. The van der Waals surface area contributed by atoms with Gasteiger partial charge in [0.25, 0.3) is 0 Å². The van der Waals surface area contributed by atoms with Gasteiger partial charge in [0.15, 0.2) is 0 Å². The molecule has 32 heavy (non-hydrogen) atoms. The fraction of sp³-hybridized carbons (Fsp3) is 0.100.